The molecular formula is C22H25FN6O5. The first-order valence-corrected chi connectivity index (χ1v) is 10.6. The number of halogens is 1. The largest absolute Gasteiger partial charge is 0.463 e. The van der Waals surface area contributed by atoms with E-state index in [1.54, 1.807) is 31.3 Å². The second-order valence-electron chi connectivity index (χ2n) is 8.06. The van der Waals surface area contributed by atoms with E-state index in [9.17, 15) is 9.59 Å². The van der Waals surface area contributed by atoms with Crippen LogP contribution in [0.4, 0.5) is 16.2 Å². The first-order chi connectivity index (χ1) is 16.2. The van der Waals surface area contributed by atoms with E-state index in [4.69, 9.17) is 19.9 Å². The Morgan fingerprint density at radius 1 is 1.29 bits per heavy atom. The zero-order valence-corrected chi connectivity index (χ0v) is 18.9. The number of imidazole rings is 1. The van der Waals surface area contributed by atoms with Crippen molar-refractivity contribution in [3.05, 3.63) is 42.2 Å². The van der Waals surface area contributed by atoms with Crippen molar-refractivity contribution in [2.75, 3.05) is 24.7 Å². The third-order valence-corrected chi connectivity index (χ3v) is 5.51. The molecule has 1 fully saturated rings. The zero-order chi connectivity index (χ0) is 24.5. The van der Waals surface area contributed by atoms with Gasteiger partial charge in [0.25, 0.3) is 0 Å². The molecule has 0 bridgehead atoms. The number of nitrogens with two attached hydrogens (primary N) is 1. The molecule has 0 unspecified atom stereocenters. The summed E-state index contributed by atoms with van der Waals surface area (Å²) in [6.07, 6.45) is -2.44. The molecule has 0 amide bonds. The number of ether oxygens (including phenoxy) is 3. The molecule has 34 heavy (non-hydrogen) atoms. The summed E-state index contributed by atoms with van der Waals surface area (Å²) in [7, 11) is 1.64. The van der Waals surface area contributed by atoms with E-state index in [2.05, 4.69) is 20.3 Å². The SMILES string of the molecule is CNc1nc(N)nc2c1ncn2[C@@H]1O[C@H](COC(C)=O)[C@@H](OC(=O)Cc2ccccc2)[C@@]1(C)F. The number of carbonyl (C=O) groups is 2. The highest BCUT2D eigenvalue weighted by molar-refractivity contribution is 5.84. The summed E-state index contributed by atoms with van der Waals surface area (Å²) in [6, 6.07) is 8.93. The van der Waals surface area contributed by atoms with E-state index in [-0.39, 0.29) is 24.6 Å². The maximum atomic E-state index is 16.3. The summed E-state index contributed by atoms with van der Waals surface area (Å²) in [4.78, 5) is 36.6. The van der Waals surface area contributed by atoms with Gasteiger partial charge in [-0.25, -0.2) is 9.37 Å². The predicted molar refractivity (Wildman–Crippen MR) is 119 cm³/mol. The molecule has 0 spiro atoms. The number of fused-ring (bicyclic) bond motifs is 1. The lowest BCUT2D eigenvalue weighted by atomic mass is 9.98. The summed E-state index contributed by atoms with van der Waals surface area (Å²) < 4.78 is 34.2. The minimum absolute atomic E-state index is 0.0422. The number of alkyl halides is 1. The molecule has 3 N–H and O–H groups in total. The second-order valence-corrected chi connectivity index (χ2v) is 8.06. The molecular weight excluding hydrogens is 447 g/mol. The van der Waals surface area contributed by atoms with Gasteiger partial charge in [-0.1, -0.05) is 30.3 Å². The first-order valence-electron chi connectivity index (χ1n) is 10.6. The van der Waals surface area contributed by atoms with Gasteiger partial charge in [-0.15, -0.1) is 0 Å². The Morgan fingerprint density at radius 3 is 2.71 bits per heavy atom. The van der Waals surface area contributed by atoms with Gasteiger partial charge in [-0.3, -0.25) is 14.2 Å². The highest BCUT2D eigenvalue weighted by Gasteiger charge is 2.58. The molecule has 180 valence electrons. The maximum Gasteiger partial charge on any atom is 0.310 e. The van der Waals surface area contributed by atoms with Crippen LogP contribution in [0.15, 0.2) is 36.7 Å². The monoisotopic (exact) mass is 472 g/mol. The van der Waals surface area contributed by atoms with Gasteiger partial charge >= 0.3 is 11.9 Å². The normalized spacial score (nSPS) is 24.2. The molecule has 0 aliphatic carbocycles. The number of esters is 2. The number of hydrogen-bond acceptors (Lipinski definition) is 10. The highest BCUT2D eigenvalue weighted by Crippen LogP contribution is 2.44. The van der Waals surface area contributed by atoms with Crippen LogP contribution in [-0.2, 0) is 30.2 Å². The molecule has 12 heteroatoms. The number of aromatic nitrogens is 4. The zero-order valence-electron chi connectivity index (χ0n) is 18.9. The topological polar surface area (TPSA) is 143 Å². The maximum absolute atomic E-state index is 16.3. The van der Waals surface area contributed by atoms with Crippen molar-refractivity contribution in [3.63, 3.8) is 0 Å². The van der Waals surface area contributed by atoms with Crippen LogP contribution in [0.3, 0.4) is 0 Å². The van der Waals surface area contributed by atoms with Crippen molar-refractivity contribution in [3.8, 4) is 0 Å². The lowest BCUT2D eigenvalue weighted by Crippen LogP contribution is -2.44. The van der Waals surface area contributed by atoms with Crippen LogP contribution in [0.5, 0.6) is 0 Å². The molecule has 4 atom stereocenters. The van der Waals surface area contributed by atoms with Crippen molar-refractivity contribution < 1.29 is 28.2 Å². The standard InChI is InChI=1S/C22H25FN6O5/c1-12(30)32-10-14-17(34-15(31)9-13-7-5-4-6-8-13)22(2,23)20(33-14)29-11-26-16-18(25-3)27-21(24)28-19(16)29/h4-8,11,14,17,20H,9-10H2,1-3H3,(H3,24,25,27,28)/t14-,17-,20-,22-/m1/s1. The molecule has 2 aromatic heterocycles. The minimum atomic E-state index is -2.23. The molecule has 11 nitrogen and oxygen atoms in total. The van der Waals surface area contributed by atoms with Gasteiger partial charge < -0.3 is 25.3 Å². The number of nitrogens with one attached hydrogen (secondary N) is 1. The Bertz CT molecular complexity index is 1200. The van der Waals surface area contributed by atoms with E-state index in [0.717, 1.165) is 0 Å². The van der Waals surface area contributed by atoms with Gasteiger partial charge in [0, 0.05) is 14.0 Å². The second kappa shape index (κ2) is 9.21. The third kappa shape index (κ3) is 4.49. The lowest BCUT2D eigenvalue weighted by Gasteiger charge is -2.27. The summed E-state index contributed by atoms with van der Waals surface area (Å²) in [5.41, 5.74) is 4.88. The van der Waals surface area contributed by atoms with Gasteiger partial charge in [0.2, 0.25) is 5.95 Å². The van der Waals surface area contributed by atoms with Crippen LogP contribution >= 0.6 is 0 Å². The van der Waals surface area contributed by atoms with Crippen molar-refractivity contribution in [2.45, 2.75) is 44.4 Å². The number of nitrogens with zero attached hydrogens (tertiary/aromatic N) is 4. The Balaban J connectivity index is 1.66. The fourth-order valence-corrected chi connectivity index (χ4v) is 3.95. The van der Waals surface area contributed by atoms with Crippen molar-refractivity contribution in [1.29, 1.82) is 0 Å². The van der Waals surface area contributed by atoms with E-state index in [1.165, 1.54) is 24.7 Å². The fourth-order valence-electron chi connectivity index (χ4n) is 3.95. The van der Waals surface area contributed by atoms with Gasteiger partial charge in [-0.2, -0.15) is 9.97 Å². The lowest BCUT2D eigenvalue weighted by molar-refractivity contribution is -0.160. The van der Waals surface area contributed by atoms with E-state index >= 15 is 4.39 Å². The average Bonchev–Trinajstić information content (AvgIpc) is 3.30. The van der Waals surface area contributed by atoms with Crippen molar-refractivity contribution in [2.24, 2.45) is 0 Å². The number of hydrogen-bond donors (Lipinski definition) is 2. The summed E-state index contributed by atoms with van der Waals surface area (Å²) in [5, 5.41) is 2.87. The molecule has 1 aliphatic heterocycles. The van der Waals surface area contributed by atoms with Gasteiger partial charge in [0.15, 0.2) is 35.0 Å². The van der Waals surface area contributed by atoms with Gasteiger partial charge in [0.05, 0.1) is 12.7 Å². The van der Waals surface area contributed by atoms with E-state index in [0.29, 0.717) is 16.9 Å². The number of benzene rings is 1. The predicted octanol–water partition coefficient (Wildman–Crippen LogP) is 1.79. The molecule has 1 aliphatic rings. The molecule has 0 radical (unpaired) electrons. The summed E-state index contributed by atoms with van der Waals surface area (Å²) in [5.74, 6) is -0.896. The Hall–Kier alpha value is -3.80. The highest BCUT2D eigenvalue weighted by atomic mass is 19.1. The number of anilines is 2. The molecule has 3 heterocycles. The molecule has 0 saturated carbocycles. The first kappa shape index (κ1) is 23.4. The Labute approximate surface area is 194 Å². The summed E-state index contributed by atoms with van der Waals surface area (Å²) in [6.45, 7) is 2.17. The Kier molecular flexibility index (Phi) is 6.33. The minimum Gasteiger partial charge on any atom is -0.463 e. The van der Waals surface area contributed by atoms with Gasteiger partial charge in [-0.05, 0) is 12.5 Å². The fraction of sp³-hybridized carbons (Fsp3) is 0.409. The molecule has 1 aromatic carbocycles. The van der Waals surface area contributed by atoms with Crippen LogP contribution in [0.25, 0.3) is 11.2 Å². The molecule has 4 rings (SSSR count). The van der Waals surface area contributed by atoms with Crippen LogP contribution in [0.2, 0.25) is 0 Å². The number of carbonyl (C=O) groups excluding carboxylic acids is 2. The van der Waals surface area contributed by atoms with Gasteiger partial charge in [0.1, 0.15) is 12.7 Å². The average molecular weight is 472 g/mol. The third-order valence-electron chi connectivity index (χ3n) is 5.51. The summed E-state index contributed by atoms with van der Waals surface area (Å²) >= 11 is 0. The molecule has 3 aromatic rings. The van der Waals surface area contributed by atoms with E-state index < -0.39 is 36.0 Å². The van der Waals surface area contributed by atoms with Crippen molar-refractivity contribution >= 4 is 34.9 Å². The smallest absolute Gasteiger partial charge is 0.310 e. The van der Waals surface area contributed by atoms with Crippen LogP contribution in [-0.4, -0.2) is 63.0 Å². The van der Waals surface area contributed by atoms with E-state index in [1.807, 2.05) is 6.07 Å². The van der Waals surface area contributed by atoms with Crippen LogP contribution in [0.1, 0.15) is 25.6 Å². The van der Waals surface area contributed by atoms with Crippen LogP contribution < -0.4 is 11.1 Å². The number of nitrogen functional groups attached to an aromatic ring is 1. The quantitative estimate of drug-likeness (QED) is 0.488. The Morgan fingerprint density at radius 2 is 2.03 bits per heavy atom. The van der Waals surface area contributed by atoms with Crippen molar-refractivity contribution in [1.82, 2.24) is 19.5 Å². The molecule has 1 saturated heterocycles. The number of rotatable bonds is 7. The van der Waals surface area contributed by atoms with Crippen LogP contribution in [0, 0.1) is 0 Å².